The van der Waals surface area contributed by atoms with Crippen LogP contribution in [0, 0.1) is 0 Å². The van der Waals surface area contributed by atoms with Crippen molar-refractivity contribution in [2.24, 2.45) is 0 Å². The lowest BCUT2D eigenvalue weighted by atomic mass is 10.1. The summed E-state index contributed by atoms with van der Waals surface area (Å²) >= 11 is 0. The van der Waals surface area contributed by atoms with E-state index in [4.69, 9.17) is 10.5 Å². The summed E-state index contributed by atoms with van der Waals surface area (Å²) in [5, 5.41) is 7.27. The van der Waals surface area contributed by atoms with E-state index in [1.54, 1.807) is 7.11 Å². The molecule has 5 heteroatoms. The molecule has 0 amide bonds. The zero-order valence-electron chi connectivity index (χ0n) is 12.4. The van der Waals surface area contributed by atoms with E-state index in [0.717, 1.165) is 40.6 Å². The minimum atomic E-state index is 0.694. The largest absolute Gasteiger partial charge is 0.497 e. The van der Waals surface area contributed by atoms with Gasteiger partial charge in [0, 0.05) is 18.5 Å². The van der Waals surface area contributed by atoms with Crippen LogP contribution in [0.15, 0.2) is 48.5 Å². The Balaban J connectivity index is 1.66. The molecule has 3 rings (SSSR count). The van der Waals surface area contributed by atoms with E-state index < -0.39 is 0 Å². The fraction of sp³-hybridized carbons (Fsp3) is 0.176. The first-order valence-corrected chi connectivity index (χ1v) is 7.10. The molecule has 0 bridgehead atoms. The average Bonchev–Trinajstić information content (AvgIpc) is 2.97. The van der Waals surface area contributed by atoms with Gasteiger partial charge in [-0.2, -0.15) is 5.10 Å². The summed E-state index contributed by atoms with van der Waals surface area (Å²) in [4.78, 5) is 4.54. The number of aromatic amines is 1. The summed E-state index contributed by atoms with van der Waals surface area (Å²) in [5.74, 6) is 2.49. The van der Waals surface area contributed by atoms with Gasteiger partial charge in [0.2, 0.25) is 0 Å². The highest BCUT2D eigenvalue weighted by atomic mass is 16.5. The molecule has 0 radical (unpaired) electrons. The molecule has 0 unspecified atom stereocenters. The van der Waals surface area contributed by atoms with Crippen molar-refractivity contribution in [1.29, 1.82) is 0 Å². The molecular formula is C17H18N4O. The van der Waals surface area contributed by atoms with Crippen LogP contribution in [-0.4, -0.2) is 22.3 Å². The highest BCUT2D eigenvalue weighted by Crippen LogP contribution is 2.14. The molecule has 0 saturated heterocycles. The van der Waals surface area contributed by atoms with Gasteiger partial charge in [-0.15, -0.1) is 0 Å². The number of hydrogen-bond acceptors (Lipinski definition) is 4. The average molecular weight is 294 g/mol. The summed E-state index contributed by atoms with van der Waals surface area (Å²) in [6, 6.07) is 15.7. The summed E-state index contributed by atoms with van der Waals surface area (Å²) < 4.78 is 5.15. The van der Waals surface area contributed by atoms with E-state index in [9.17, 15) is 0 Å². The fourth-order valence-electron chi connectivity index (χ4n) is 2.25. The first-order chi connectivity index (χ1) is 10.7. The van der Waals surface area contributed by atoms with Crippen LogP contribution in [0.25, 0.3) is 0 Å². The van der Waals surface area contributed by atoms with Crippen LogP contribution in [0.5, 0.6) is 5.75 Å². The third kappa shape index (κ3) is 3.44. The number of benzene rings is 2. The van der Waals surface area contributed by atoms with E-state index in [1.807, 2.05) is 48.5 Å². The summed E-state index contributed by atoms with van der Waals surface area (Å²) in [6.45, 7) is 0. The minimum absolute atomic E-state index is 0.694. The van der Waals surface area contributed by atoms with Crippen molar-refractivity contribution in [3.05, 3.63) is 71.3 Å². The number of hydrogen-bond donors (Lipinski definition) is 2. The van der Waals surface area contributed by atoms with Gasteiger partial charge in [0.25, 0.3) is 0 Å². The van der Waals surface area contributed by atoms with Gasteiger partial charge in [-0.25, -0.2) is 4.98 Å². The van der Waals surface area contributed by atoms with E-state index in [-0.39, 0.29) is 0 Å². The second-order valence-electron chi connectivity index (χ2n) is 5.14. The summed E-state index contributed by atoms with van der Waals surface area (Å²) in [7, 11) is 1.66. The molecule has 0 aliphatic rings. The maximum atomic E-state index is 5.68. The van der Waals surface area contributed by atoms with Gasteiger partial charge in [0.15, 0.2) is 5.82 Å². The lowest BCUT2D eigenvalue weighted by Gasteiger charge is -2.01. The van der Waals surface area contributed by atoms with Crippen LogP contribution < -0.4 is 10.5 Å². The summed E-state index contributed by atoms with van der Waals surface area (Å²) in [6.07, 6.45) is 1.41. The van der Waals surface area contributed by atoms with Crippen molar-refractivity contribution in [2.45, 2.75) is 12.8 Å². The van der Waals surface area contributed by atoms with Crippen LogP contribution in [0.4, 0.5) is 5.69 Å². The molecule has 0 atom stereocenters. The fourth-order valence-corrected chi connectivity index (χ4v) is 2.25. The number of rotatable bonds is 5. The predicted molar refractivity (Wildman–Crippen MR) is 85.8 cm³/mol. The predicted octanol–water partition coefficient (Wildman–Crippen LogP) is 2.58. The molecular weight excluding hydrogens is 276 g/mol. The van der Waals surface area contributed by atoms with Crippen molar-refractivity contribution in [2.75, 3.05) is 12.8 Å². The molecule has 0 spiro atoms. The third-order valence-corrected chi connectivity index (χ3v) is 3.45. The number of H-pyrrole nitrogens is 1. The maximum absolute atomic E-state index is 5.68. The van der Waals surface area contributed by atoms with E-state index >= 15 is 0 Å². The first-order valence-electron chi connectivity index (χ1n) is 7.10. The molecule has 112 valence electrons. The molecule has 22 heavy (non-hydrogen) atoms. The Kier molecular flexibility index (Phi) is 4.05. The molecule has 3 aromatic rings. The van der Waals surface area contributed by atoms with Gasteiger partial charge in [-0.05, 0) is 35.4 Å². The number of methoxy groups -OCH3 is 1. The normalized spacial score (nSPS) is 10.6. The highest BCUT2D eigenvalue weighted by molar-refractivity contribution is 5.39. The zero-order chi connectivity index (χ0) is 15.4. The smallest absolute Gasteiger partial charge is 0.155 e. The van der Waals surface area contributed by atoms with Crippen LogP contribution in [-0.2, 0) is 12.8 Å². The third-order valence-electron chi connectivity index (χ3n) is 3.45. The van der Waals surface area contributed by atoms with Gasteiger partial charge in [0.05, 0.1) is 7.11 Å². The molecule has 3 N–H and O–H groups in total. The quantitative estimate of drug-likeness (QED) is 0.709. The van der Waals surface area contributed by atoms with Gasteiger partial charge in [0.1, 0.15) is 11.6 Å². The monoisotopic (exact) mass is 294 g/mol. The molecule has 0 saturated carbocycles. The lowest BCUT2D eigenvalue weighted by Crippen LogP contribution is -1.93. The highest BCUT2D eigenvalue weighted by Gasteiger charge is 2.05. The Hall–Kier alpha value is -2.82. The van der Waals surface area contributed by atoms with E-state index in [1.165, 1.54) is 0 Å². The number of ether oxygens (including phenoxy) is 1. The molecule has 0 fully saturated rings. The minimum Gasteiger partial charge on any atom is -0.497 e. The maximum Gasteiger partial charge on any atom is 0.155 e. The molecule has 0 aliphatic heterocycles. The van der Waals surface area contributed by atoms with Gasteiger partial charge >= 0.3 is 0 Å². The molecule has 2 aromatic carbocycles. The topological polar surface area (TPSA) is 76.8 Å². The van der Waals surface area contributed by atoms with Crippen molar-refractivity contribution in [3.63, 3.8) is 0 Å². The van der Waals surface area contributed by atoms with Gasteiger partial charge < -0.3 is 10.5 Å². The first kappa shape index (κ1) is 14.1. The second-order valence-corrected chi connectivity index (χ2v) is 5.14. The number of nitrogens with two attached hydrogens (primary N) is 1. The number of nitrogen functional groups attached to an aromatic ring is 1. The number of anilines is 1. The molecule has 1 heterocycles. The van der Waals surface area contributed by atoms with Crippen molar-refractivity contribution in [1.82, 2.24) is 15.2 Å². The lowest BCUT2D eigenvalue weighted by molar-refractivity contribution is 0.414. The number of nitrogens with one attached hydrogen (secondary N) is 1. The van der Waals surface area contributed by atoms with Crippen LogP contribution in [0.3, 0.4) is 0 Å². The van der Waals surface area contributed by atoms with Gasteiger partial charge in [-0.1, -0.05) is 24.3 Å². The molecule has 5 nitrogen and oxygen atoms in total. The van der Waals surface area contributed by atoms with Crippen molar-refractivity contribution in [3.8, 4) is 5.75 Å². The van der Waals surface area contributed by atoms with E-state index in [0.29, 0.717) is 6.42 Å². The van der Waals surface area contributed by atoms with E-state index in [2.05, 4.69) is 15.2 Å². The number of aromatic nitrogens is 3. The van der Waals surface area contributed by atoms with Crippen molar-refractivity contribution < 1.29 is 4.74 Å². The van der Waals surface area contributed by atoms with Gasteiger partial charge in [-0.3, -0.25) is 5.10 Å². The Morgan fingerprint density at radius 3 is 2.27 bits per heavy atom. The van der Waals surface area contributed by atoms with Crippen LogP contribution in [0.1, 0.15) is 22.8 Å². The zero-order valence-corrected chi connectivity index (χ0v) is 12.4. The second kappa shape index (κ2) is 6.30. The Morgan fingerprint density at radius 2 is 1.59 bits per heavy atom. The van der Waals surface area contributed by atoms with Crippen molar-refractivity contribution >= 4 is 5.69 Å². The number of nitrogens with zero attached hydrogens (tertiary/aromatic N) is 2. The summed E-state index contributed by atoms with van der Waals surface area (Å²) in [5.41, 5.74) is 8.75. The van der Waals surface area contributed by atoms with Crippen LogP contribution >= 0.6 is 0 Å². The SMILES string of the molecule is COc1ccc(Cc2nc(Cc3ccc(N)cc3)n[nH]2)cc1. The Labute approximate surface area is 129 Å². The Bertz CT molecular complexity index is 732. The Morgan fingerprint density at radius 1 is 0.955 bits per heavy atom. The standard InChI is InChI=1S/C17H18N4O/c1-22-15-8-4-13(5-9-15)11-17-19-16(20-21-17)10-12-2-6-14(18)7-3-12/h2-9H,10-11,18H2,1H3,(H,19,20,21). The molecule has 1 aromatic heterocycles. The van der Waals surface area contributed by atoms with Crippen LogP contribution in [0.2, 0.25) is 0 Å². The molecule has 0 aliphatic carbocycles.